The van der Waals surface area contributed by atoms with Crippen LogP contribution in [0.15, 0.2) is 48.5 Å². The molecule has 34 heavy (non-hydrogen) atoms. The molecule has 182 valence electrons. The van der Waals surface area contributed by atoms with Crippen molar-refractivity contribution in [2.45, 2.75) is 30.7 Å². The summed E-state index contributed by atoms with van der Waals surface area (Å²) in [5, 5.41) is 12.8. The Hall–Kier alpha value is -3.53. The molecule has 2 aromatic rings. The third-order valence-electron chi connectivity index (χ3n) is 5.58. The molecule has 1 aliphatic carbocycles. The first kappa shape index (κ1) is 25.1. The Bertz CT molecular complexity index is 1000. The van der Waals surface area contributed by atoms with Gasteiger partial charge in [0.15, 0.2) is 0 Å². The van der Waals surface area contributed by atoms with E-state index in [4.69, 9.17) is 14.6 Å². The number of carboxylic acids is 1. The number of alkyl halides is 2. The van der Waals surface area contributed by atoms with E-state index in [1.165, 1.54) is 7.11 Å². The number of methoxy groups -OCH3 is 1. The van der Waals surface area contributed by atoms with Crippen LogP contribution in [0.2, 0.25) is 0 Å². The maximum atomic E-state index is 14.2. The van der Waals surface area contributed by atoms with Crippen molar-refractivity contribution in [3.63, 3.8) is 0 Å². The monoisotopic (exact) mass is 476 g/mol. The predicted octanol–water partition coefficient (Wildman–Crippen LogP) is 3.16. The van der Waals surface area contributed by atoms with Crippen LogP contribution in [0.1, 0.15) is 29.9 Å². The highest BCUT2D eigenvalue weighted by molar-refractivity contribution is 5.88. The number of amides is 2. The molecule has 2 amide bonds. The Morgan fingerprint density at radius 2 is 1.65 bits per heavy atom. The van der Waals surface area contributed by atoms with E-state index >= 15 is 0 Å². The molecule has 10 heteroatoms. The van der Waals surface area contributed by atoms with Crippen LogP contribution >= 0.6 is 0 Å². The van der Waals surface area contributed by atoms with Gasteiger partial charge < -0.3 is 25.2 Å². The summed E-state index contributed by atoms with van der Waals surface area (Å²) >= 11 is 0. The van der Waals surface area contributed by atoms with Gasteiger partial charge in [-0.1, -0.05) is 48.5 Å². The lowest BCUT2D eigenvalue weighted by Crippen LogP contribution is -2.52. The molecular weight excluding hydrogens is 450 g/mol. The van der Waals surface area contributed by atoms with Crippen LogP contribution in [0.5, 0.6) is 0 Å². The van der Waals surface area contributed by atoms with Gasteiger partial charge in [-0.15, -0.1) is 0 Å². The second-order valence-corrected chi connectivity index (χ2v) is 7.88. The second-order valence-electron chi connectivity index (χ2n) is 7.88. The largest absolute Gasteiger partial charge is 0.480 e. The number of hydrogen-bond acceptors (Lipinski definition) is 5. The lowest BCUT2D eigenvalue weighted by Gasteiger charge is -2.20. The standard InChI is InChI=1S/C24H26F2N2O6/c1-33-12-6-11-20(21(29)30)28-22(31)24(25,26)14-27-23(32)34-13-19-17-9-4-2-7-15(17)16-8-3-5-10-18(16)19/h2-5,7-10,19-20H,6,11-14H2,1H3,(H,27,32)(H,28,31)(H,29,30). The minimum atomic E-state index is -4.03. The molecule has 3 rings (SSSR count). The maximum absolute atomic E-state index is 14.2. The molecule has 0 aliphatic heterocycles. The average molecular weight is 476 g/mol. The zero-order valence-corrected chi connectivity index (χ0v) is 18.6. The zero-order chi connectivity index (χ0) is 24.7. The van der Waals surface area contributed by atoms with Gasteiger partial charge in [0, 0.05) is 19.6 Å². The number of alkyl carbamates (subject to hydrolysis) is 1. The smallest absolute Gasteiger partial charge is 0.407 e. The number of aliphatic carboxylic acids is 1. The summed E-state index contributed by atoms with van der Waals surface area (Å²) in [7, 11) is 1.41. The van der Waals surface area contributed by atoms with Crippen LogP contribution in [0.25, 0.3) is 11.1 Å². The first-order valence-corrected chi connectivity index (χ1v) is 10.7. The Morgan fingerprint density at radius 1 is 1.06 bits per heavy atom. The molecule has 1 atom stereocenters. The van der Waals surface area contributed by atoms with Crippen molar-refractivity contribution >= 4 is 18.0 Å². The van der Waals surface area contributed by atoms with Crippen molar-refractivity contribution in [3.05, 3.63) is 59.7 Å². The van der Waals surface area contributed by atoms with Gasteiger partial charge in [-0.3, -0.25) is 4.79 Å². The Balaban J connectivity index is 1.53. The van der Waals surface area contributed by atoms with Gasteiger partial charge in [-0.05, 0) is 35.1 Å². The molecule has 0 saturated carbocycles. The van der Waals surface area contributed by atoms with Gasteiger partial charge in [0.05, 0.1) is 6.54 Å². The number of halogens is 2. The average Bonchev–Trinajstić information content (AvgIpc) is 3.14. The molecule has 1 unspecified atom stereocenters. The Kier molecular flexibility index (Phi) is 8.17. The van der Waals surface area contributed by atoms with Gasteiger partial charge >= 0.3 is 18.0 Å². The number of hydrogen-bond donors (Lipinski definition) is 3. The third kappa shape index (κ3) is 5.88. The molecule has 0 aromatic heterocycles. The summed E-state index contributed by atoms with van der Waals surface area (Å²) in [6, 6.07) is 13.8. The van der Waals surface area contributed by atoms with Crippen LogP contribution in [0, 0.1) is 0 Å². The van der Waals surface area contributed by atoms with Crippen molar-refractivity contribution in [2.24, 2.45) is 0 Å². The summed E-state index contributed by atoms with van der Waals surface area (Å²) in [4.78, 5) is 35.2. The van der Waals surface area contributed by atoms with E-state index < -0.39 is 36.5 Å². The van der Waals surface area contributed by atoms with Crippen LogP contribution < -0.4 is 10.6 Å². The second kappa shape index (κ2) is 11.1. The number of nitrogens with one attached hydrogen (secondary N) is 2. The van der Waals surface area contributed by atoms with Crippen molar-refractivity contribution in [1.29, 1.82) is 0 Å². The third-order valence-corrected chi connectivity index (χ3v) is 5.58. The number of benzene rings is 2. The molecule has 0 fully saturated rings. The predicted molar refractivity (Wildman–Crippen MR) is 119 cm³/mol. The summed E-state index contributed by atoms with van der Waals surface area (Å²) in [6.07, 6.45) is -0.925. The molecule has 0 spiro atoms. The molecule has 3 N–H and O–H groups in total. The van der Waals surface area contributed by atoms with E-state index in [-0.39, 0.29) is 32.0 Å². The SMILES string of the molecule is COCCCC(NC(=O)C(F)(F)CNC(=O)OCC1c2ccccc2-c2ccccc21)C(=O)O. The van der Waals surface area contributed by atoms with E-state index in [1.807, 2.05) is 53.8 Å². The Morgan fingerprint density at radius 3 is 2.21 bits per heavy atom. The number of fused-ring (bicyclic) bond motifs is 3. The van der Waals surface area contributed by atoms with Crippen LogP contribution in [0.3, 0.4) is 0 Å². The fourth-order valence-corrected chi connectivity index (χ4v) is 3.87. The molecular formula is C24H26F2N2O6. The number of carbonyl (C=O) groups is 3. The van der Waals surface area contributed by atoms with Crippen LogP contribution in [-0.2, 0) is 19.1 Å². The summed E-state index contributed by atoms with van der Waals surface area (Å²) in [5.41, 5.74) is 3.98. The highest BCUT2D eigenvalue weighted by Crippen LogP contribution is 2.44. The Labute approximate surface area is 195 Å². The molecule has 1 aliphatic rings. The van der Waals surface area contributed by atoms with Crippen LogP contribution in [0.4, 0.5) is 13.6 Å². The summed E-state index contributed by atoms with van der Waals surface area (Å²) in [6.45, 7) is -1.18. The lowest BCUT2D eigenvalue weighted by atomic mass is 9.98. The van der Waals surface area contributed by atoms with Gasteiger partial charge in [-0.2, -0.15) is 8.78 Å². The first-order chi connectivity index (χ1) is 16.2. The zero-order valence-electron chi connectivity index (χ0n) is 18.6. The first-order valence-electron chi connectivity index (χ1n) is 10.7. The molecule has 2 aromatic carbocycles. The van der Waals surface area contributed by atoms with Crippen molar-refractivity contribution in [3.8, 4) is 11.1 Å². The maximum Gasteiger partial charge on any atom is 0.407 e. The highest BCUT2D eigenvalue weighted by atomic mass is 19.3. The van der Waals surface area contributed by atoms with Gasteiger partial charge in [0.2, 0.25) is 0 Å². The topological polar surface area (TPSA) is 114 Å². The van der Waals surface area contributed by atoms with E-state index in [0.29, 0.717) is 0 Å². The number of ether oxygens (including phenoxy) is 2. The molecule has 0 heterocycles. The fraction of sp³-hybridized carbons (Fsp3) is 0.375. The lowest BCUT2D eigenvalue weighted by molar-refractivity contribution is -0.150. The molecule has 0 saturated heterocycles. The highest BCUT2D eigenvalue weighted by Gasteiger charge is 2.41. The van der Waals surface area contributed by atoms with E-state index in [0.717, 1.165) is 22.3 Å². The molecule has 0 bridgehead atoms. The normalized spacial score (nSPS) is 13.5. The fourth-order valence-electron chi connectivity index (χ4n) is 3.87. The van der Waals surface area contributed by atoms with Crippen molar-refractivity contribution in [2.75, 3.05) is 26.9 Å². The summed E-state index contributed by atoms with van der Waals surface area (Å²) < 4.78 is 38.4. The summed E-state index contributed by atoms with van der Waals surface area (Å²) in [5.74, 6) is -7.51. The van der Waals surface area contributed by atoms with E-state index in [9.17, 15) is 23.2 Å². The van der Waals surface area contributed by atoms with Crippen LogP contribution in [-0.4, -0.2) is 61.9 Å². The van der Waals surface area contributed by atoms with Gasteiger partial charge in [0.1, 0.15) is 12.6 Å². The molecule has 0 radical (unpaired) electrons. The van der Waals surface area contributed by atoms with Gasteiger partial charge in [-0.25, -0.2) is 9.59 Å². The van der Waals surface area contributed by atoms with Gasteiger partial charge in [0.25, 0.3) is 5.91 Å². The van der Waals surface area contributed by atoms with E-state index in [1.54, 1.807) is 5.32 Å². The quantitative estimate of drug-likeness (QED) is 0.430. The number of carboxylic acid groups (broad SMARTS) is 1. The number of carbonyl (C=O) groups excluding carboxylic acids is 2. The van der Waals surface area contributed by atoms with Crippen molar-refractivity contribution in [1.82, 2.24) is 10.6 Å². The van der Waals surface area contributed by atoms with Crippen molar-refractivity contribution < 1.29 is 37.7 Å². The minimum absolute atomic E-state index is 0.0712. The molecule has 8 nitrogen and oxygen atoms in total. The minimum Gasteiger partial charge on any atom is -0.480 e. The number of rotatable bonds is 11. The van der Waals surface area contributed by atoms with E-state index in [2.05, 4.69) is 0 Å².